The van der Waals surface area contributed by atoms with Crippen LogP contribution in [0.15, 0.2) is 35.4 Å². The minimum absolute atomic E-state index is 0.0512. The van der Waals surface area contributed by atoms with Gasteiger partial charge >= 0.3 is 0 Å². The number of ether oxygens (including phenoxy) is 1. The van der Waals surface area contributed by atoms with Gasteiger partial charge in [0.15, 0.2) is 0 Å². The Morgan fingerprint density at radius 3 is 2.80 bits per heavy atom. The van der Waals surface area contributed by atoms with Gasteiger partial charge in [0.2, 0.25) is 5.90 Å². The Kier molecular flexibility index (Phi) is 2.67. The van der Waals surface area contributed by atoms with Crippen LogP contribution < -0.4 is 5.01 Å². The van der Waals surface area contributed by atoms with Gasteiger partial charge in [-0.2, -0.15) is 5.01 Å². The first kappa shape index (κ1) is 9.71. The van der Waals surface area contributed by atoms with Crippen LogP contribution in [0.4, 0.5) is 5.69 Å². The Hall–Kier alpha value is -1.84. The molecule has 1 heterocycles. The lowest BCUT2D eigenvalue weighted by molar-refractivity contribution is -0.117. The molecule has 15 heavy (non-hydrogen) atoms. The van der Waals surface area contributed by atoms with Crippen molar-refractivity contribution in [1.82, 2.24) is 0 Å². The molecule has 0 saturated carbocycles. The second-order valence-electron chi connectivity index (χ2n) is 3.14. The highest BCUT2D eigenvalue weighted by molar-refractivity contribution is 6.10. The number of anilines is 1. The summed E-state index contributed by atoms with van der Waals surface area (Å²) < 4.78 is 5.21. The van der Waals surface area contributed by atoms with E-state index in [1.165, 1.54) is 5.01 Å². The first-order valence-electron chi connectivity index (χ1n) is 4.89. The summed E-state index contributed by atoms with van der Waals surface area (Å²) >= 11 is 0. The van der Waals surface area contributed by atoms with Gasteiger partial charge in [0.25, 0.3) is 5.91 Å². The summed E-state index contributed by atoms with van der Waals surface area (Å²) in [5.74, 6) is 0.441. The molecular formula is C11H12N2O2. The van der Waals surface area contributed by atoms with E-state index in [0.717, 1.165) is 5.69 Å². The van der Waals surface area contributed by atoms with E-state index in [0.29, 0.717) is 12.5 Å². The van der Waals surface area contributed by atoms with Gasteiger partial charge in [-0.25, -0.2) is 0 Å². The zero-order valence-electron chi connectivity index (χ0n) is 8.51. The Morgan fingerprint density at radius 1 is 1.40 bits per heavy atom. The van der Waals surface area contributed by atoms with Crippen LogP contribution in [-0.2, 0) is 9.53 Å². The smallest absolute Gasteiger partial charge is 0.256 e. The van der Waals surface area contributed by atoms with Crippen molar-refractivity contribution >= 4 is 17.5 Å². The van der Waals surface area contributed by atoms with Crippen molar-refractivity contribution < 1.29 is 9.53 Å². The lowest BCUT2D eigenvalue weighted by atomic mass is 10.3. The molecule has 1 aliphatic rings. The van der Waals surface area contributed by atoms with Crippen molar-refractivity contribution in [2.75, 3.05) is 11.6 Å². The maximum absolute atomic E-state index is 11.6. The largest absolute Gasteiger partial charge is 0.480 e. The van der Waals surface area contributed by atoms with E-state index in [1.54, 1.807) is 0 Å². The highest BCUT2D eigenvalue weighted by atomic mass is 16.5. The van der Waals surface area contributed by atoms with Crippen molar-refractivity contribution in [3.63, 3.8) is 0 Å². The van der Waals surface area contributed by atoms with Crippen LogP contribution in [0, 0.1) is 0 Å². The zero-order valence-corrected chi connectivity index (χ0v) is 8.51. The summed E-state index contributed by atoms with van der Waals surface area (Å²) in [5.41, 5.74) is 0.775. The average molecular weight is 204 g/mol. The quantitative estimate of drug-likeness (QED) is 0.736. The molecule has 0 unspecified atom stereocenters. The maximum Gasteiger partial charge on any atom is 0.256 e. The second-order valence-corrected chi connectivity index (χ2v) is 3.14. The number of rotatable bonds is 2. The van der Waals surface area contributed by atoms with Gasteiger partial charge in [0, 0.05) is 0 Å². The molecule has 0 spiro atoms. The Labute approximate surface area is 88.2 Å². The molecule has 0 radical (unpaired) electrons. The first-order valence-corrected chi connectivity index (χ1v) is 4.89. The monoisotopic (exact) mass is 204 g/mol. The van der Waals surface area contributed by atoms with Gasteiger partial charge < -0.3 is 4.74 Å². The summed E-state index contributed by atoms with van der Waals surface area (Å²) in [6, 6.07) is 9.33. The van der Waals surface area contributed by atoms with E-state index in [9.17, 15) is 4.79 Å². The van der Waals surface area contributed by atoms with Crippen LogP contribution in [-0.4, -0.2) is 18.4 Å². The van der Waals surface area contributed by atoms with Gasteiger partial charge in [-0.1, -0.05) is 18.2 Å². The molecule has 0 aromatic heterocycles. The Balaban J connectivity index is 2.20. The molecule has 0 N–H and O–H groups in total. The third kappa shape index (κ3) is 1.98. The van der Waals surface area contributed by atoms with Gasteiger partial charge in [-0.3, -0.25) is 4.79 Å². The summed E-state index contributed by atoms with van der Waals surface area (Å²) in [6.45, 7) is 2.41. The van der Waals surface area contributed by atoms with Gasteiger partial charge in [-0.15, -0.1) is 5.10 Å². The molecule has 78 valence electrons. The summed E-state index contributed by atoms with van der Waals surface area (Å²) in [6.07, 6.45) is 0.253. The molecule has 1 amide bonds. The van der Waals surface area contributed by atoms with Crippen LogP contribution >= 0.6 is 0 Å². The van der Waals surface area contributed by atoms with Crippen molar-refractivity contribution in [1.29, 1.82) is 0 Å². The van der Waals surface area contributed by atoms with Crippen LogP contribution in [0.2, 0.25) is 0 Å². The van der Waals surface area contributed by atoms with E-state index < -0.39 is 0 Å². The molecule has 0 fully saturated rings. The molecule has 2 rings (SSSR count). The van der Waals surface area contributed by atoms with E-state index in [1.807, 2.05) is 37.3 Å². The third-order valence-electron chi connectivity index (χ3n) is 2.06. The molecule has 0 aliphatic carbocycles. The van der Waals surface area contributed by atoms with Crippen LogP contribution in [0.3, 0.4) is 0 Å². The number of hydrogen-bond donors (Lipinski definition) is 0. The molecule has 1 aliphatic heterocycles. The first-order chi connectivity index (χ1) is 7.31. The molecule has 4 nitrogen and oxygen atoms in total. The number of hydrogen-bond acceptors (Lipinski definition) is 3. The number of carbonyl (C=O) groups excluding carboxylic acids is 1. The topological polar surface area (TPSA) is 41.9 Å². The SMILES string of the molecule is CCOC1=NN(c2ccccc2)C(=O)C1. The molecule has 0 atom stereocenters. The van der Waals surface area contributed by atoms with Crippen molar-refractivity contribution in [3.8, 4) is 0 Å². The number of amides is 1. The van der Waals surface area contributed by atoms with E-state index >= 15 is 0 Å². The standard InChI is InChI=1S/C11H12N2O2/c1-2-15-10-8-11(14)13(12-10)9-6-4-3-5-7-9/h3-7H,2,8H2,1H3. The highest BCUT2D eigenvalue weighted by Gasteiger charge is 2.25. The summed E-state index contributed by atoms with van der Waals surface area (Å²) in [4.78, 5) is 11.6. The normalized spacial score (nSPS) is 15.4. The fourth-order valence-corrected chi connectivity index (χ4v) is 1.42. The zero-order chi connectivity index (χ0) is 10.7. The van der Waals surface area contributed by atoms with Gasteiger partial charge in [0.1, 0.15) is 6.42 Å². The fraction of sp³-hybridized carbons (Fsp3) is 0.273. The number of hydrazone groups is 1. The number of carbonyl (C=O) groups is 1. The van der Waals surface area contributed by atoms with Crippen LogP contribution in [0.1, 0.15) is 13.3 Å². The summed E-state index contributed by atoms with van der Waals surface area (Å²) in [5, 5.41) is 5.49. The number of benzene rings is 1. The minimum Gasteiger partial charge on any atom is -0.480 e. The minimum atomic E-state index is -0.0512. The summed E-state index contributed by atoms with van der Waals surface area (Å²) in [7, 11) is 0. The van der Waals surface area contributed by atoms with Crippen molar-refractivity contribution in [2.45, 2.75) is 13.3 Å². The van der Waals surface area contributed by atoms with E-state index in [-0.39, 0.29) is 12.3 Å². The fourth-order valence-electron chi connectivity index (χ4n) is 1.42. The highest BCUT2D eigenvalue weighted by Crippen LogP contribution is 2.19. The molecule has 1 aromatic carbocycles. The van der Waals surface area contributed by atoms with E-state index in [2.05, 4.69) is 5.10 Å². The predicted molar refractivity (Wildman–Crippen MR) is 57.6 cm³/mol. The number of para-hydroxylation sites is 1. The van der Waals surface area contributed by atoms with Crippen molar-refractivity contribution in [3.05, 3.63) is 30.3 Å². The Bertz CT molecular complexity index is 387. The molecule has 0 saturated heterocycles. The van der Waals surface area contributed by atoms with Crippen LogP contribution in [0.25, 0.3) is 0 Å². The molecular weight excluding hydrogens is 192 g/mol. The Morgan fingerprint density at radius 2 is 2.13 bits per heavy atom. The molecule has 1 aromatic rings. The number of nitrogens with zero attached hydrogens (tertiary/aromatic N) is 2. The molecule has 4 heteroatoms. The van der Waals surface area contributed by atoms with Crippen LogP contribution in [0.5, 0.6) is 0 Å². The van der Waals surface area contributed by atoms with Gasteiger partial charge in [0.05, 0.1) is 12.3 Å². The average Bonchev–Trinajstić information content (AvgIpc) is 2.61. The third-order valence-corrected chi connectivity index (χ3v) is 2.06. The van der Waals surface area contributed by atoms with Crippen molar-refractivity contribution in [2.24, 2.45) is 5.10 Å². The lowest BCUT2D eigenvalue weighted by Gasteiger charge is -2.09. The predicted octanol–water partition coefficient (Wildman–Crippen LogP) is 1.77. The maximum atomic E-state index is 11.6. The van der Waals surface area contributed by atoms with E-state index in [4.69, 9.17) is 4.74 Å². The van der Waals surface area contributed by atoms with Gasteiger partial charge in [-0.05, 0) is 19.1 Å². The molecule has 0 bridgehead atoms. The second kappa shape index (κ2) is 4.13. The lowest BCUT2D eigenvalue weighted by Crippen LogP contribution is -2.19.